The number of carbonyl (C=O) groups excluding carboxylic acids is 2. The van der Waals surface area contributed by atoms with Gasteiger partial charge < -0.3 is 29.4 Å². The Morgan fingerprint density at radius 3 is 3.00 bits per heavy atom. The minimum absolute atomic E-state index is 0.0000733. The van der Waals surface area contributed by atoms with Crippen molar-refractivity contribution >= 4 is 22.7 Å². The predicted octanol–water partition coefficient (Wildman–Crippen LogP) is 2.54. The van der Waals surface area contributed by atoms with Crippen LogP contribution in [0.4, 0.5) is 0 Å². The van der Waals surface area contributed by atoms with E-state index < -0.39 is 17.4 Å². The van der Waals surface area contributed by atoms with E-state index in [1.54, 1.807) is 0 Å². The van der Waals surface area contributed by atoms with Crippen LogP contribution in [0.3, 0.4) is 0 Å². The number of likely N-dealkylation sites (tertiary alicyclic amines) is 1. The summed E-state index contributed by atoms with van der Waals surface area (Å²) < 4.78 is 17.0. The Kier molecular flexibility index (Phi) is 4.48. The molecule has 4 atom stereocenters. The summed E-state index contributed by atoms with van der Waals surface area (Å²) in [5.74, 6) is 0.212. The third kappa shape index (κ3) is 3.16. The van der Waals surface area contributed by atoms with Gasteiger partial charge in [-0.1, -0.05) is 36.4 Å². The molecule has 2 amide bonds. The summed E-state index contributed by atoms with van der Waals surface area (Å²) in [5.41, 5.74) is 2.48. The molecule has 2 aromatic carbocycles. The number of benzene rings is 2. The summed E-state index contributed by atoms with van der Waals surface area (Å²) in [6.07, 6.45) is 6.33. The van der Waals surface area contributed by atoms with Crippen LogP contribution in [0.15, 0.2) is 60.8 Å². The number of aromatic amines is 1. The Morgan fingerprint density at radius 2 is 2.06 bits per heavy atom. The summed E-state index contributed by atoms with van der Waals surface area (Å²) in [4.78, 5) is 31.9. The molecule has 1 aromatic heterocycles. The van der Waals surface area contributed by atoms with Gasteiger partial charge in [-0.05, 0) is 35.7 Å². The van der Waals surface area contributed by atoms with E-state index >= 15 is 0 Å². The smallest absolute Gasteiger partial charge is 0.231 e. The summed E-state index contributed by atoms with van der Waals surface area (Å²) in [6, 6.07) is 13.8. The maximum atomic E-state index is 13.5. The molecule has 4 aliphatic rings. The summed E-state index contributed by atoms with van der Waals surface area (Å²) in [5, 5.41) is 4.19. The highest BCUT2D eigenvalue weighted by Gasteiger charge is 2.66. The molecule has 0 radical (unpaired) electrons. The van der Waals surface area contributed by atoms with Gasteiger partial charge in [0.25, 0.3) is 0 Å². The zero-order chi connectivity index (χ0) is 23.6. The second kappa shape index (κ2) is 7.61. The standard InChI is InChI=1S/C27H25N3O5/c31-25(29-12-16-5-6-20-22(11-16)34-15-33-20)23-21-7-9-27(35-21)14-30(26(32)24(23)27)10-8-17-13-28-19-4-2-1-3-18(17)19/h1-7,9,11,13,21,23-24,28H,8,10,12,14-15H2,(H,29,31). The van der Waals surface area contributed by atoms with Crippen molar-refractivity contribution in [2.75, 3.05) is 19.9 Å². The number of hydrogen-bond acceptors (Lipinski definition) is 5. The number of hydrogen-bond donors (Lipinski definition) is 2. The lowest BCUT2D eigenvalue weighted by molar-refractivity contribution is -0.137. The van der Waals surface area contributed by atoms with E-state index in [4.69, 9.17) is 14.2 Å². The first-order chi connectivity index (χ1) is 17.1. The fourth-order valence-corrected chi connectivity index (χ4v) is 6.02. The molecule has 4 unspecified atom stereocenters. The normalized spacial score (nSPS) is 27.7. The monoisotopic (exact) mass is 471 g/mol. The average molecular weight is 472 g/mol. The molecule has 8 heteroatoms. The molecule has 2 saturated heterocycles. The third-order valence-electron chi connectivity index (χ3n) is 7.71. The molecule has 1 spiro atoms. The van der Waals surface area contributed by atoms with Gasteiger partial charge in [-0.2, -0.15) is 0 Å². The molecule has 8 nitrogen and oxygen atoms in total. The minimum Gasteiger partial charge on any atom is -0.454 e. The van der Waals surface area contributed by atoms with Crippen LogP contribution in [-0.4, -0.2) is 53.3 Å². The second-order valence-corrected chi connectivity index (χ2v) is 9.67. The number of ether oxygens (including phenoxy) is 3. The maximum absolute atomic E-state index is 13.5. The molecule has 2 N–H and O–H groups in total. The first kappa shape index (κ1) is 20.6. The van der Waals surface area contributed by atoms with Gasteiger partial charge in [-0.25, -0.2) is 0 Å². The molecule has 178 valence electrons. The first-order valence-electron chi connectivity index (χ1n) is 12.0. The average Bonchev–Trinajstić information content (AvgIpc) is 3.68. The Morgan fingerprint density at radius 1 is 1.17 bits per heavy atom. The van der Waals surface area contributed by atoms with Gasteiger partial charge in [0.1, 0.15) is 5.60 Å². The van der Waals surface area contributed by atoms with E-state index in [0.717, 1.165) is 17.5 Å². The van der Waals surface area contributed by atoms with E-state index in [0.29, 0.717) is 31.1 Å². The minimum atomic E-state index is -0.706. The molecule has 7 rings (SSSR count). The van der Waals surface area contributed by atoms with Crippen LogP contribution in [0.1, 0.15) is 11.1 Å². The molecule has 5 heterocycles. The van der Waals surface area contributed by atoms with Crippen molar-refractivity contribution in [3.05, 3.63) is 71.9 Å². The van der Waals surface area contributed by atoms with E-state index in [2.05, 4.69) is 16.4 Å². The van der Waals surface area contributed by atoms with E-state index in [1.807, 2.05) is 59.6 Å². The van der Waals surface area contributed by atoms with Gasteiger partial charge in [-0.3, -0.25) is 9.59 Å². The van der Waals surface area contributed by atoms with Crippen molar-refractivity contribution in [3.8, 4) is 11.5 Å². The molecule has 2 bridgehead atoms. The molecule has 2 fully saturated rings. The topological polar surface area (TPSA) is 92.9 Å². The van der Waals surface area contributed by atoms with Crippen molar-refractivity contribution in [2.45, 2.75) is 24.7 Å². The Hall–Kier alpha value is -3.78. The molecule has 0 saturated carbocycles. The van der Waals surface area contributed by atoms with E-state index in [1.165, 1.54) is 10.9 Å². The molecule has 3 aromatic rings. The van der Waals surface area contributed by atoms with Gasteiger partial charge in [0.15, 0.2) is 11.5 Å². The lowest BCUT2D eigenvalue weighted by atomic mass is 9.77. The quantitative estimate of drug-likeness (QED) is 0.539. The van der Waals surface area contributed by atoms with Crippen molar-refractivity contribution in [2.24, 2.45) is 11.8 Å². The molecular formula is C27H25N3O5. The van der Waals surface area contributed by atoms with Crippen LogP contribution >= 0.6 is 0 Å². The molecule has 4 aliphatic heterocycles. The third-order valence-corrected chi connectivity index (χ3v) is 7.71. The van der Waals surface area contributed by atoms with Crippen LogP contribution in [0.2, 0.25) is 0 Å². The maximum Gasteiger partial charge on any atom is 0.231 e. The van der Waals surface area contributed by atoms with Gasteiger partial charge in [-0.15, -0.1) is 0 Å². The van der Waals surface area contributed by atoms with Gasteiger partial charge >= 0.3 is 0 Å². The van der Waals surface area contributed by atoms with Gasteiger partial charge in [0.05, 0.1) is 24.5 Å². The van der Waals surface area contributed by atoms with Crippen molar-refractivity contribution in [1.82, 2.24) is 15.2 Å². The number of para-hydroxylation sites is 1. The molecule has 0 aliphatic carbocycles. The summed E-state index contributed by atoms with van der Waals surface area (Å²) >= 11 is 0. The highest BCUT2D eigenvalue weighted by molar-refractivity contribution is 5.93. The number of aromatic nitrogens is 1. The fraction of sp³-hybridized carbons (Fsp3) is 0.333. The number of nitrogens with one attached hydrogen (secondary N) is 2. The second-order valence-electron chi connectivity index (χ2n) is 9.67. The highest BCUT2D eigenvalue weighted by Crippen LogP contribution is 2.52. The SMILES string of the molecule is O=C(NCc1ccc2c(c1)OCO2)C1C2C=CC3(CN(CCc4c[nH]c5ccccc45)C(=O)C13)O2. The van der Waals surface area contributed by atoms with Crippen LogP contribution in [0, 0.1) is 11.8 Å². The zero-order valence-corrected chi connectivity index (χ0v) is 19.0. The lowest BCUT2D eigenvalue weighted by Crippen LogP contribution is -2.44. The predicted molar refractivity (Wildman–Crippen MR) is 127 cm³/mol. The molecule has 35 heavy (non-hydrogen) atoms. The number of rotatable bonds is 6. The number of fused-ring (bicyclic) bond motifs is 3. The Balaban J connectivity index is 1.05. The lowest BCUT2D eigenvalue weighted by Gasteiger charge is -2.23. The van der Waals surface area contributed by atoms with Crippen LogP contribution in [-0.2, 0) is 27.3 Å². The van der Waals surface area contributed by atoms with Crippen molar-refractivity contribution in [3.63, 3.8) is 0 Å². The van der Waals surface area contributed by atoms with Crippen LogP contribution in [0.5, 0.6) is 11.5 Å². The number of carbonyl (C=O) groups is 2. The van der Waals surface area contributed by atoms with Crippen LogP contribution < -0.4 is 14.8 Å². The van der Waals surface area contributed by atoms with E-state index in [-0.39, 0.29) is 24.7 Å². The van der Waals surface area contributed by atoms with E-state index in [9.17, 15) is 9.59 Å². The van der Waals surface area contributed by atoms with Gasteiger partial charge in [0.2, 0.25) is 18.6 Å². The number of nitrogens with zero attached hydrogens (tertiary/aromatic N) is 1. The summed E-state index contributed by atoms with van der Waals surface area (Å²) in [6.45, 7) is 1.63. The fourth-order valence-electron chi connectivity index (χ4n) is 6.02. The Labute approximate surface area is 201 Å². The summed E-state index contributed by atoms with van der Waals surface area (Å²) in [7, 11) is 0. The first-order valence-corrected chi connectivity index (χ1v) is 12.0. The number of amides is 2. The molecular weight excluding hydrogens is 446 g/mol. The van der Waals surface area contributed by atoms with Crippen molar-refractivity contribution < 1.29 is 23.8 Å². The number of H-pyrrole nitrogens is 1. The largest absolute Gasteiger partial charge is 0.454 e. The van der Waals surface area contributed by atoms with Crippen LogP contribution in [0.25, 0.3) is 10.9 Å². The highest BCUT2D eigenvalue weighted by atomic mass is 16.7. The zero-order valence-electron chi connectivity index (χ0n) is 19.0. The van der Waals surface area contributed by atoms with Gasteiger partial charge in [0, 0.05) is 30.2 Å². The Bertz CT molecular complexity index is 1380. The van der Waals surface area contributed by atoms with Crippen molar-refractivity contribution in [1.29, 1.82) is 0 Å².